The van der Waals surface area contributed by atoms with E-state index in [2.05, 4.69) is 10.4 Å². The molecule has 2 aromatic heterocycles. The Hall–Kier alpha value is -2.60. The Balaban J connectivity index is 1.43. The number of hydrogen-bond donors (Lipinski definition) is 1. The van der Waals surface area contributed by atoms with Crippen LogP contribution in [0.3, 0.4) is 0 Å². The van der Waals surface area contributed by atoms with Crippen LogP contribution in [0.5, 0.6) is 0 Å². The molecular formula is C25H26ClF3N4O3S. The van der Waals surface area contributed by atoms with Gasteiger partial charge in [-0.1, -0.05) is 17.7 Å². The summed E-state index contributed by atoms with van der Waals surface area (Å²) in [5, 5.41) is 7.98. The number of piperidine rings is 1. The number of ether oxygens (including phenoxy) is 2. The number of hydrogen-bond acceptors (Lipinski definition) is 6. The van der Waals surface area contributed by atoms with Crippen LogP contribution < -0.4 is 10.2 Å². The number of amides is 1. The summed E-state index contributed by atoms with van der Waals surface area (Å²) in [6, 6.07) is 5.68. The number of thiophene rings is 1. The van der Waals surface area contributed by atoms with E-state index in [4.69, 9.17) is 21.1 Å². The molecule has 1 spiro atoms. The van der Waals surface area contributed by atoms with Crippen molar-refractivity contribution < 1.29 is 27.4 Å². The van der Waals surface area contributed by atoms with Gasteiger partial charge in [-0.2, -0.15) is 13.9 Å². The molecule has 1 saturated heterocycles. The number of anilines is 1. The maximum atomic E-state index is 15.0. The van der Waals surface area contributed by atoms with Crippen molar-refractivity contribution in [2.45, 2.75) is 43.8 Å². The smallest absolute Gasteiger partial charge is 0.413 e. The van der Waals surface area contributed by atoms with E-state index in [1.807, 2.05) is 6.92 Å². The largest absolute Gasteiger partial charge is 0.452 e. The van der Waals surface area contributed by atoms with Gasteiger partial charge in [-0.25, -0.2) is 13.9 Å². The Morgan fingerprint density at radius 1 is 1.43 bits per heavy atom. The summed E-state index contributed by atoms with van der Waals surface area (Å²) in [5.74, 6) is -3.62. The number of benzene rings is 1. The lowest BCUT2D eigenvalue weighted by Crippen LogP contribution is -2.52. The van der Waals surface area contributed by atoms with Crippen molar-refractivity contribution in [3.05, 3.63) is 62.3 Å². The first-order chi connectivity index (χ1) is 17.5. The lowest BCUT2D eigenvalue weighted by molar-refractivity contribution is -0.178. The average Bonchev–Trinajstić information content (AvgIpc) is 3.45. The summed E-state index contributed by atoms with van der Waals surface area (Å²) in [4.78, 5) is 13.8. The number of carbonyl (C=O) groups is 1. The highest BCUT2D eigenvalue weighted by Gasteiger charge is 2.52. The third-order valence-electron chi connectivity index (χ3n) is 7.05. The number of nitrogens with one attached hydrogen (secondary N) is 1. The molecule has 198 valence electrons. The first-order valence-electron chi connectivity index (χ1n) is 11.8. The maximum absolute atomic E-state index is 15.0. The zero-order valence-electron chi connectivity index (χ0n) is 20.5. The van der Waals surface area contributed by atoms with Crippen molar-refractivity contribution >= 4 is 34.7 Å². The molecule has 1 N–H and O–H groups in total. The summed E-state index contributed by atoms with van der Waals surface area (Å²) >= 11 is 7.30. The number of aryl methyl sites for hydroxylation is 1. The predicted octanol–water partition coefficient (Wildman–Crippen LogP) is 5.55. The molecule has 1 amide bonds. The molecule has 1 fully saturated rings. The molecule has 37 heavy (non-hydrogen) atoms. The number of fused-ring (bicyclic) bond motifs is 2. The van der Waals surface area contributed by atoms with E-state index >= 15 is 0 Å². The van der Waals surface area contributed by atoms with Gasteiger partial charge in [-0.05, 0) is 56.5 Å². The normalized spacial score (nSPS) is 22.6. The minimum Gasteiger partial charge on any atom is -0.452 e. The molecule has 7 nitrogen and oxygen atoms in total. The van der Waals surface area contributed by atoms with E-state index in [0.717, 1.165) is 16.9 Å². The first kappa shape index (κ1) is 26.0. The van der Waals surface area contributed by atoms with E-state index in [-0.39, 0.29) is 17.3 Å². The molecule has 5 rings (SSSR count). The van der Waals surface area contributed by atoms with E-state index in [9.17, 15) is 18.0 Å². The number of rotatable bonds is 4. The van der Waals surface area contributed by atoms with Crippen LogP contribution >= 0.6 is 22.9 Å². The Morgan fingerprint density at radius 3 is 2.97 bits per heavy atom. The summed E-state index contributed by atoms with van der Waals surface area (Å²) in [5.41, 5.74) is 1.08. The molecule has 0 bridgehead atoms. The van der Waals surface area contributed by atoms with Crippen LogP contribution in [0.1, 0.15) is 34.5 Å². The van der Waals surface area contributed by atoms with Crippen molar-refractivity contribution in [2.75, 3.05) is 32.2 Å². The van der Waals surface area contributed by atoms with Crippen molar-refractivity contribution in [1.29, 1.82) is 0 Å². The van der Waals surface area contributed by atoms with Crippen LogP contribution in [0.25, 0.3) is 5.69 Å². The second kappa shape index (κ2) is 9.61. The minimum atomic E-state index is -3.07. The summed E-state index contributed by atoms with van der Waals surface area (Å²) < 4.78 is 56.4. The van der Waals surface area contributed by atoms with E-state index in [1.54, 1.807) is 12.3 Å². The van der Waals surface area contributed by atoms with Gasteiger partial charge in [0.1, 0.15) is 17.9 Å². The molecule has 2 unspecified atom stereocenters. The fourth-order valence-corrected chi connectivity index (χ4v) is 6.65. The van der Waals surface area contributed by atoms with Crippen LogP contribution in [0.2, 0.25) is 4.34 Å². The fraction of sp³-hybridized carbons (Fsp3) is 0.440. The number of alkyl halides is 2. The van der Waals surface area contributed by atoms with Crippen molar-refractivity contribution in [3.63, 3.8) is 0 Å². The van der Waals surface area contributed by atoms with E-state index in [1.165, 1.54) is 41.9 Å². The Kier molecular flexibility index (Phi) is 6.76. The number of halogens is 4. The molecule has 1 aromatic carbocycles. The van der Waals surface area contributed by atoms with Gasteiger partial charge in [0, 0.05) is 29.7 Å². The van der Waals surface area contributed by atoms with Crippen molar-refractivity contribution in [3.8, 4) is 5.69 Å². The monoisotopic (exact) mass is 554 g/mol. The second-order valence-electron chi connectivity index (χ2n) is 9.41. The zero-order valence-corrected chi connectivity index (χ0v) is 22.1. The molecule has 0 saturated carbocycles. The third-order valence-corrected chi connectivity index (χ3v) is 8.50. The number of methoxy groups -OCH3 is 1. The van der Waals surface area contributed by atoms with Gasteiger partial charge < -0.3 is 14.8 Å². The highest BCUT2D eigenvalue weighted by molar-refractivity contribution is 7.16. The summed E-state index contributed by atoms with van der Waals surface area (Å²) in [7, 11) is 2.74. The average molecular weight is 555 g/mol. The van der Waals surface area contributed by atoms with Crippen LogP contribution in [-0.2, 0) is 27.4 Å². The van der Waals surface area contributed by atoms with Crippen LogP contribution in [0.4, 0.5) is 23.7 Å². The molecule has 3 aromatic rings. The zero-order chi connectivity index (χ0) is 26.5. The van der Waals surface area contributed by atoms with Crippen LogP contribution in [0.15, 0.2) is 30.5 Å². The van der Waals surface area contributed by atoms with Gasteiger partial charge in [0.2, 0.25) is 0 Å². The SMILES string of the molecule is COC(=O)N(C)c1cccc(F)c1-n1cc(CC2CC3(CCN2)OCC(F)(F)c2cc(Cl)sc23)c(C)n1. The summed E-state index contributed by atoms with van der Waals surface area (Å²) in [6.45, 7) is 1.73. The van der Waals surface area contributed by atoms with Crippen LogP contribution in [0, 0.1) is 12.7 Å². The highest BCUT2D eigenvalue weighted by Crippen LogP contribution is 2.52. The number of aromatic nitrogens is 2. The fourth-order valence-electron chi connectivity index (χ4n) is 5.19. The van der Waals surface area contributed by atoms with E-state index in [0.29, 0.717) is 46.4 Å². The molecule has 4 heterocycles. The molecule has 2 aliphatic rings. The molecule has 12 heteroatoms. The Morgan fingerprint density at radius 2 is 2.22 bits per heavy atom. The first-order valence-corrected chi connectivity index (χ1v) is 13.0. The van der Waals surface area contributed by atoms with Gasteiger partial charge in [-0.3, -0.25) is 4.90 Å². The molecular weight excluding hydrogens is 529 g/mol. The molecule has 2 aliphatic heterocycles. The predicted molar refractivity (Wildman–Crippen MR) is 135 cm³/mol. The number of para-hydroxylation sites is 1. The van der Waals surface area contributed by atoms with Gasteiger partial charge in [-0.15, -0.1) is 11.3 Å². The number of carbonyl (C=O) groups excluding carboxylic acids is 1. The number of nitrogens with zero attached hydrogens (tertiary/aromatic N) is 3. The molecule has 0 radical (unpaired) electrons. The van der Waals surface area contributed by atoms with Crippen molar-refractivity contribution in [1.82, 2.24) is 15.1 Å². The minimum absolute atomic E-state index is 0.0415. The van der Waals surface area contributed by atoms with Gasteiger partial charge in [0.25, 0.3) is 5.92 Å². The molecule has 2 atom stereocenters. The Labute approximate surface area is 221 Å². The second-order valence-corrected chi connectivity index (χ2v) is 11.1. The summed E-state index contributed by atoms with van der Waals surface area (Å²) in [6.07, 6.45) is 2.65. The van der Waals surface area contributed by atoms with Crippen molar-refractivity contribution in [2.24, 2.45) is 0 Å². The van der Waals surface area contributed by atoms with Gasteiger partial charge in [0.15, 0.2) is 5.82 Å². The van der Waals surface area contributed by atoms with E-state index < -0.39 is 30.0 Å². The quantitative estimate of drug-likeness (QED) is 0.458. The lowest BCUT2D eigenvalue weighted by Gasteiger charge is -2.45. The van der Waals surface area contributed by atoms with Crippen LogP contribution in [-0.4, -0.2) is 49.2 Å². The topological polar surface area (TPSA) is 68.6 Å². The third kappa shape index (κ3) is 4.62. The highest BCUT2D eigenvalue weighted by atomic mass is 35.5. The van der Waals surface area contributed by atoms with Gasteiger partial charge >= 0.3 is 6.09 Å². The standard InChI is InChI=1S/C25H26ClF3N4O3S/c1-14-15(12-33(31-14)21-18(27)5-4-6-19(21)32(2)23(34)35-3)9-16-11-24(7-8-30-16)22-17(10-20(26)37-22)25(28,29)13-36-24/h4-6,10,12,16,30H,7-9,11,13H2,1-3H3. The maximum Gasteiger partial charge on any atom is 0.413 e. The lowest BCUT2D eigenvalue weighted by atomic mass is 9.80. The Bertz CT molecular complexity index is 1350. The molecule has 0 aliphatic carbocycles. The van der Waals surface area contributed by atoms with Gasteiger partial charge in [0.05, 0.1) is 22.8 Å².